The average Bonchev–Trinajstić information content (AvgIpc) is 2.59. The van der Waals surface area contributed by atoms with Gasteiger partial charge in [-0.15, -0.1) is 0 Å². The molecule has 10 heavy (non-hydrogen) atoms. The Balaban J connectivity index is 2.12. The van der Waals surface area contributed by atoms with Gasteiger partial charge in [0, 0.05) is 25.4 Å². The van der Waals surface area contributed by atoms with Crippen LogP contribution in [0.1, 0.15) is 0 Å². The van der Waals surface area contributed by atoms with Crippen LogP contribution in [0.2, 0.25) is 0 Å². The van der Waals surface area contributed by atoms with E-state index in [0.717, 1.165) is 25.6 Å². The van der Waals surface area contributed by atoms with Gasteiger partial charge in [0.25, 0.3) is 0 Å². The minimum Gasteiger partial charge on any atom is -0.341 e. The molecule has 1 aliphatic rings. The van der Waals surface area contributed by atoms with E-state index in [1.807, 2.05) is 12.3 Å². The molecular formula is C6H10N4. The summed E-state index contributed by atoms with van der Waals surface area (Å²) < 4.78 is 0. The van der Waals surface area contributed by atoms with Crippen molar-refractivity contribution in [3.05, 3.63) is 12.3 Å². The lowest BCUT2D eigenvalue weighted by Gasteiger charge is -2.10. The summed E-state index contributed by atoms with van der Waals surface area (Å²) in [7, 11) is 0. The predicted octanol–water partition coefficient (Wildman–Crippen LogP) is -0.223. The fraction of sp³-hybridized carbons (Fsp3) is 0.500. The molecule has 1 saturated heterocycles. The zero-order valence-electron chi connectivity index (χ0n) is 5.67. The van der Waals surface area contributed by atoms with Crippen LogP contribution >= 0.6 is 0 Å². The first kappa shape index (κ1) is 5.73. The number of aromatic nitrogens is 2. The van der Waals surface area contributed by atoms with Crippen molar-refractivity contribution < 1.29 is 0 Å². The summed E-state index contributed by atoms with van der Waals surface area (Å²) in [5, 5.41) is 10.1. The Bertz CT molecular complexity index is 188. The van der Waals surface area contributed by atoms with Crippen molar-refractivity contribution in [2.45, 2.75) is 0 Å². The summed E-state index contributed by atoms with van der Waals surface area (Å²) in [6, 6.07) is 1.98. The van der Waals surface area contributed by atoms with Crippen molar-refractivity contribution in [3.8, 4) is 0 Å². The highest BCUT2D eigenvalue weighted by atomic mass is 15.3. The smallest absolute Gasteiger partial charge is 0.151 e. The van der Waals surface area contributed by atoms with Gasteiger partial charge in [0.2, 0.25) is 0 Å². The summed E-state index contributed by atoms with van der Waals surface area (Å²) in [5.74, 6) is 1.03. The first-order chi connectivity index (χ1) is 4.97. The summed E-state index contributed by atoms with van der Waals surface area (Å²) in [4.78, 5) is 2.19. The van der Waals surface area contributed by atoms with E-state index in [4.69, 9.17) is 0 Å². The van der Waals surface area contributed by atoms with Crippen LogP contribution in [-0.4, -0.2) is 30.0 Å². The molecule has 4 nitrogen and oxygen atoms in total. The molecule has 0 amide bonds. The molecule has 0 aromatic carbocycles. The van der Waals surface area contributed by atoms with Crippen LogP contribution < -0.4 is 10.2 Å². The zero-order chi connectivity index (χ0) is 6.81. The maximum Gasteiger partial charge on any atom is 0.151 e. The molecule has 0 saturated carbocycles. The van der Waals surface area contributed by atoms with Gasteiger partial charge in [0.05, 0.1) is 6.67 Å². The van der Waals surface area contributed by atoms with Gasteiger partial charge in [-0.2, -0.15) is 5.10 Å². The van der Waals surface area contributed by atoms with E-state index >= 15 is 0 Å². The third-order valence-corrected chi connectivity index (χ3v) is 1.67. The summed E-state index contributed by atoms with van der Waals surface area (Å²) in [6.45, 7) is 3.04. The van der Waals surface area contributed by atoms with Gasteiger partial charge in [-0.25, -0.2) is 0 Å². The van der Waals surface area contributed by atoms with Crippen LogP contribution in [0.25, 0.3) is 0 Å². The Hall–Kier alpha value is -1.03. The molecule has 54 valence electrons. The van der Waals surface area contributed by atoms with Gasteiger partial charge < -0.3 is 4.90 Å². The van der Waals surface area contributed by atoms with Crippen molar-refractivity contribution >= 4 is 5.82 Å². The largest absolute Gasteiger partial charge is 0.341 e. The minimum atomic E-state index is 0.921. The van der Waals surface area contributed by atoms with Crippen LogP contribution in [0.4, 0.5) is 5.82 Å². The Morgan fingerprint density at radius 3 is 3.20 bits per heavy atom. The molecule has 1 aliphatic heterocycles. The number of nitrogens with zero attached hydrogens (tertiary/aromatic N) is 2. The number of hydrogen-bond acceptors (Lipinski definition) is 3. The molecular weight excluding hydrogens is 128 g/mol. The third-order valence-electron chi connectivity index (χ3n) is 1.67. The Kier molecular flexibility index (Phi) is 1.32. The van der Waals surface area contributed by atoms with Crippen LogP contribution in [0.3, 0.4) is 0 Å². The van der Waals surface area contributed by atoms with Crippen molar-refractivity contribution in [1.29, 1.82) is 0 Å². The SMILES string of the molecule is c1cc(N2CCNC2)n[nH]1. The van der Waals surface area contributed by atoms with E-state index in [1.165, 1.54) is 0 Å². The van der Waals surface area contributed by atoms with Gasteiger partial charge >= 0.3 is 0 Å². The molecule has 0 bridgehead atoms. The van der Waals surface area contributed by atoms with E-state index in [1.54, 1.807) is 0 Å². The summed E-state index contributed by atoms with van der Waals surface area (Å²) in [6.07, 6.45) is 1.84. The lowest BCUT2D eigenvalue weighted by atomic mass is 10.5. The fourth-order valence-corrected chi connectivity index (χ4v) is 1.13. The Morgan fingerprint density at radius 1 is 1.60 bits per heavy atom. The zero-order valence-corrected chi connectivity index (χ0v) is 5.67. The molecule has 0 aliphatic carbocycles. The second-order valence-electron chi connectivity index (χ2n) is 2.35. The lowest BCUT2D eigenvalue weighted by molar-refractivity contribution is 0.846. The maximum absolute atomic E-state index is 4.06. The normalized spacial score (nSPS) is 18.2. The molecule has 2 heterocycles. The molecule has 2 rings (SSSR count). The first-order valence-corrected chi connectivity index (χ1v) is 3.42. The highest BCUT2D eigenvalue weighted by Gasteiger charge is 2.11. The van der Waals surface area contributed by atoms with Crippen molar-refractivity contribution in [2.75, 3.05) is 24.7 Å². The second kappa shape index (κ2) is 2.30. The van der Waals surface area contributed by atoms with E-state index in [2.05, 4.69) is 20.4 Å². The number of hydrogen-bond donors (Lipinski definition) is 2. The van der Waals surface area contributed by atoms with E-state index in [0.29, 0.717) is 0 Å². The van der Waals surface area contributed by atoms with Gasteiger partial charge in [-0.1, -0.05) is 0 Å². The molecule has 1 aromatic heterocycles. The molecule has 0 spiro atoms. The molecule has 2 N–H and O–H groups in total. The molecule has 0 unspecified atom stereocenters. The van der Waals surface area contributed by atoms with Gasteiger partial charge in [-0.05, 0) is 0 Å². The van der Waals surface area contributed by atoms with E-state index < -0.39 is 0 Å². The average molecular weight is 138 g/mol. The first-order valence-electron chi connectivity index (χ1n) is 3.42. The standard InChI is InChI=1S/C6H10N4/c1-2-8-9-6(1)10-4-3-7-5-10/h1-2,7H,3-5H2,(H,8,9). The predicted molar refractivity (Wildman–Crippen MR) is 38.8 cm³/mol. The number of nitrogens with one attached hydrogen (secondary N) is 2. The van der Waals surface area contributed by atoms with Crippen molar-refractivity contribution in [2.24, 2.45) is 0 Å². The van der Waals surface area contributed by atoms with E-state index in [9.17, 15) is 0 Å². The topological polar surface area (TPSA) is 44.0 Å². The van der Waals surface area contributed by atoms with E-state index in [-0.39, 0.29) is 0 Å². The number of H-pyrrole nitrogens is 1. The highest BCUT2D eigenvalue weighted by Crippen LogP contribution is 2.08. The van der Waals surface area contributed by atoms with Gasteiger partial charge in [0.15, 0.2) is 5.82 Å². The van der Waals surface area contributed by atoms with Crippen molar-refractivity contribution in [1.82, 2.24) is 15.5 Å². The minimum absolute atomic E-state index is 0.921. The lowest BCUT2D eigenvalue weighted by Crippen LogP contribution is -2.21. The van der Waals surface area contributed by atoms with Crippen LogP contribution in [0.15, 0.2) is 12.3 Å². The molecule has 0 atom stereocenters. The Morgan fingerprint density at radius 2 is 2.60 bits per heavy atom. The monoisotopic (exact) mass is 138 g/mol. The van der Waals surface area contributed by atoms with Gasteiger partial charge in [0.1, 0.15) is 0 Å². The molecule has 0 radical (unpaired) electrons. The highest BCUT2D eigenvalue weighted by molar-refractivity contribution is 5.37. The molecule has 1 fully saturated rings. The van der Waals surface area contributed by atoms with Crippen molar-refractivity contribution in [3.63, 3.8) is 0 Å². The van der Waals surface area contributed by atoms with Crippen LogP contribution in [0, 0.1) is 0 Å². The Labute approximate surface area is 59.2 Å². The molecule has 1 aromatic rings. The number of rotatable bonds is 1. The molecule has 4 heteroatoms. The number of anilines is 1. The summed E-state index contributed by atoms with van der Waals surface area (Å²) in [5.41, 5.74) is 0. The third kappa shape index (κ3) is 0.863. The number of aromatic amines is 1. The van der Waals surface area contributed by atoms with Crippen LogP contribution in [-0.2, 0) is 0 Å². The second-order valence-corrected chi connectivity index (χ2v) is 2.35. The van der Waals surface area contributed by atoms with Crippen LogP contribution in [0.5, 0.6) is 0 Å². The maximum atomic E-state index is 4.06. The fourth-order valence-electron chi connectivity index (χ4n) is 1.13. The van der Waals surface area contributed by atoms with Gasteiger partial charge in [-0.3, -0.25) is 10.4 Å². The summed E-state index contributed by atoms with van der Waals surface area (Å²) >= 11 is 0. The quantitative estimate of drug-likeness (QED) is 0.563.